The van der Waals surface area contributed by atoms with Gasteiger partial charge in [-0.1, -0.05) is 0 Å². The Balaban J connectivity index is 1.75. The number of aliphatic carboxylic acids is 1. The summed E-state index contributed by atoms with van der Waals surface area (Å²) in [6, 6.07) is -0.465. The highest BCUT2D eigenvalue weighted by atomic mass is 16.4. The number of likely N-dealkylation sites (N-methyl/N-ethyl adjacent to an activating group) is 1. The Bertz CT molecular complexity index is 404. The van der Waals surface area contributed by atoms with Crippen LogP contribution in [0, 0.1) is 5.92 Å². The molecule has 2 fully saturated rings. The highest BCUT2D eigenvalue weighted by Crippen LogP contribution is 2.34. The number of carboxylic acids is 1. The van der Waals surface area contributed by atoms with Crippen molar-refractivity contribution in [2.75, 3.05) is 13.6 Å². The number of nitrogens with zero attached hydrogens (tertiary/aromatic N) is 1. The van der Waals surface area contributed by atoms with Gasteiger partial charge in [0.2, 0.25) is 5.91 Å². The normalized spacial score (nSPS) is 19.1. The molecule has 1 atom stereocenters. The summed E-state index contributed by atoms with van der Waals surface area (Å²) in [7, 11) is 1.53. The zero-order valence-electron chi connectivity index (χ0n) is 11.6. The summed E-state index contributed by atoms with van der Waals surface area (Å²) in [4.78, 5) is 35.6. The molecule has 20 heavy (non-hydrogen) atoms. The molecule has 0 saturated heterocycles. The van der Waals surface area contributed by atoms with Crippen LogP contribution < -0.4 is 10.6 Å². The Morgan fingerprint density at radius 2 is 1.90 bits per heavy atom. The topological polar surface area (TPSA) is 98.7 Å². The lowest BCUT2D eigenvalue weighted by molar-refractivity contribution is -0.137. The molecule has 2 saturated carbocycles. The fraction of sp³-hybridized carbons (Fsp3) is 0.769. The Morgan fingerprint density at radius 1 is 1.25 bits per heavy atom. The van der Waals surface area contributed by atoms with Gasteiger partial charge >= 0.3 is 12.0 Å². The van der Waals surface area contributed by atoms with E-state index in [4.69, 9.17) is 5.11 Å². The first-order chi connectivity index (χ1) is 9.45. The van der Waals surface area contributed by atoms with Gasteiger partial charge in [-0.2, -0.15) is 0 Å². The van der Waals surface area contributed by atoms with Gasteiger partial charge in [-0.25, -0.2) is 4.79 Å². The second-order valence-corrected chi connectivity index (χ2v) is 5.69. The maximum atomic E-state index is 11.9. The van der Waals surface area contributed by atoms with Crippen LogP contribution in [0.2, 0.25) is 0 Å². The molecule has 0 bridgehead atoms. The minimum Gasteiger partial charge on any atom is -0.481 e. The number of hydrogen-bond acceptors (Lipinski definition) is 3. The lowest BCUT2D eigenvalue weighted by Gasteiger charge is -2.22. The second-order valence-electron chi connectivity index (χ2n) is 5.69. The number of carbonyl (C=O) groups is 3. The second kappa shape index (κ2) is 6.11. The zero-order chi connectivity index (χ0) is 14.7. The van der Waals surface area contributed by atoms with Gasteiger partial charge in [0.05, 0.1) is 6.42 Å². The first-order valence-electron chi connectivity index (χ1n) is 6.98. The van der Waals surface area contributed by atoms with Gasteiger partial charge in [-0.15, -0.1) is 0 Å². The standard InChI is InChI=1S/C13H21N3O4/c1-16(7-11(17)14-9-4-5-9)13(20)15-10(6-12(18)19)8-2-3-8/h8-10H,2-7H2,1H3,(H,14,17)(H,15,20)(H,18,19). The highest BCUT2D eigenvalue weighted by Gasteiger charge is 2.34. The monoisotopic (exact) mass is 283 g/mol. The summed E-state index contributed by atoms with van der Waals surface area (Å²) in [6.07, 6.45) is 3.83. The van der Waals surface area contributed by atoms with Crippen LogP contribution in [0.25, 0.3) is 0 Å². The van der Waals surface area contributed by atoms with Crippen molar-refractivity contribution in [2.45, 2.75) is 44.2 Å². The number of amides is 3. The number of carbonyl (C=O) groups excluding carboxylic acids is 2. The van der Waals surface area contributed by atoms with E-state index in [0.717, 1.165) is 25.7 Å². The van der Waals surface area contributed by atoms with Crippen molar-refractivity contribution >= 4 is 17.9 Å². The Kier molecular flexibility index (Phi) is 4.46. The quantitative estimate of drug-likeness (QED) is 0.620. The van der Waals surface area contributed by atoms with Crippen molar-refractivity contribution in [3.8, 4) is 0 Å². The van der Waals surface area contributed by atoms with Crippen LogP contribution in [0.15, 0.2) is 0 Å². The average Bonchev–Trinajstić information content (AvgIpc) is 3.21. The molecule has 112 valence electrons. The highest BCUT2D eigenvalue weighted by molar-refractivity contribution is 5.84. The van der Waals surface area contributed by atoms with Crippen LogP contribution in [0.4, 0.5) is 4.79 Å². The summed E-state index contributed by atoms with van der Waals surface area (Å²) in [5.74, 6) is -0.841. The zero-order valence-corrected chi connectivity index (χ0v) is 11.6. The van der Waals surface area contributed by atoms with Crippen molar-refractivity contribution in [1.82, 2.24) is 15.5 Å². The number of nitrogens with one attached hydrogen (secondary N) is 2. The first-order valence-corrected chi connectivity index (χ1v) is 6.98. The predicted molar refractivity (Wildman–Crippen MR) is 71.1 cm³/mol. The van der Waals surface area contributed by atoms with Crippen molar-refractivity contribution < 1.29 is 19.5 Å². The van der Waals surface area contributed by atoms with Crippen molar-refractivity contribution in [2.24, 2.45) is 5.92 Å². The lowest BCUT2D eigenvalue weighted by atomic mass is 10.1. The van der Waals surface area contributed by atoms with Crippen LogP contribution >= 0.6 is 0 Å². The molecule has 2 aliphatic carbocycles. The molecular formula is C13H21N3O4. The van der Waals surface area contributed by atoms with E-state index in [9.17, 15) is 14.4 Å². The fourth-order valence-electron chi connectivity index (χ4n) is 2.08. The van der Waals surface area contributed by atoms with E-state index < -0.39 is 12.0 Å². The number of urea groups is 1. The van der Waals surface area contributed by atoms with E-state index >= 15 is 0 Å². The molecule has 2 rings (SSSR count). The maximum Gasteiger partial charge on any atom is 0.317 e. The van der Waals surface area contributed by atoms with Gasteiger partial charge in [-0.05, 0) is 31.6 Å². The van der Waals surface area contributed by atoms with E-state index in [2.05, 4.69) is 10.6 Å². The number of carboxylic acid groups (broad SMARTS) is 1. The van der Waals surface area contributed by atoms with E-state index in [1.54, 1.807) is 0 Å². The summed E-state index contributed by atoms with van der Waals surface area (Å²) in [6.45, 7) is -0.00715. The predicted octanol–water partition coefficient (Wildman–Crippen LogP) is 0.160. The van der Waals surface area contributed by atoms with Gasteiger partial charge in [0.1, 0.15) is 6.54 Å². The number of rotatable bonds is 7. The molecule has 0 radical (unpaired) electrons. The summed E-state index contributed by atoms with van der Waals surface area (Å²) in [5.41, 5.74) is 0. The third kappa shape index (κ3) is 4.71. The Hall–Kier alpha value is -1.79. The molecule has 2 aliphatic rings. The van der Waals surface area contributed by atoms with E-state index in [0.29, 0.717) is 0 Å². The minimum absolute atomic E-state index is 0.00715. The molecule has 0 aromatic carbocycles. The van der Waals surface area contributed by atoms with Crippen LogP contribution in [-0.2, 0) is 9.59 Å². The summed E-state index contributed by atoms with van der Waals surface area (Å²) in [5, 5.41) is 14.4. The van der Waals surface area contributed by atoms with E-state index in [1.807, 2.05) is 0 Å². The SMILES string of the molecule is CN(CC(=O)NC1CC1)C(=O)NC(CC(=O)O)C1CC1. The summed E-state index contributed by atoms with van der Waals surface area (Å²) < 4.78 is 0. The molecule has 1 unspecified atom stereocenters. The average molecular weight is 283 g/mol. The largest absolute Gasteiger partial charge is 0.481 e. The first kappa shape index (κ1) is 14.6. The number of hydrogen-bond donors (Lipinski definition) is 3. The molecule has 0 aromatic heterocycles. The van der Waals surface area contributed by atoms with Gasteiger partial charge in [0.15, 0.2) is 0 Å². The molecule has 7 nitrogen and oxygen atoms in total. The Labute approximate surface area is 117 Å². The van der Waals surface area contributed by atoms with Gasteiger partial charge < -0.3 is 20.6 Å². The summed E-state index contributed by atoms with van der Waals surface area (Å²) >= 11 is 0. The molecule has 3 N–H and O–H groups in total. The van der Waals surface area contributed by atoms with Crippen LogP contribution in [0.1, 0.15) is 32.1 Å². The van der Waals surface area contributed by atoms with E-state index in [-0.39, 0.29) is 36.9 Å². The van der Waals surface area contributed by atoms with Crippen LogP contribution in [0.5, 0.6) is 0 Å². The Morgan fingerprint density at radius 3 is 2.40 bits per heavy atom. The third-order valence-corrected chi connectivity index (χ3v) is 3.56. The van der Waals surface area contributed by atoms with Crippen LogP contribution in [-0.4, -0.2) is 53.6 Å². The van der Waals surface area contributed by atoms with Crippen molar-refractivity contribution in [3.05, 3.63) is 0 Å². The van der Waals surface area contributed by atoms with Gasteiger partial charge in [0.25, 0.3) is 0 Å². The third-order valence-electron chi connectivity index (χ3n) is 3.56. The van der Waals surface area contributed by atoms with Crippen molar-refractivity contribution in [3.63, 3.8) is 0 Å². The molecule has 3 amide bonds. The minimum atomic E-state index is -0.920. The van der Waals surface area contributed by atoms with Crippen LogP contribution in [0.3, 0.4) is 0 Å². The van der Waals surface area contributed by atoms with Crippen molar-refractivity contribution in [1.29, 1.82) is 0 Å². The van der Waals surface area contributed by atoms with Gasteiger partial charge in [0, 0.05) is 19.1 Å². The molecular weight excluding hydrogens is 262 g/mol. The molecule has 7 heteroatoms. The fourth-order valence-corrected chi connectivity index (χ4v) is 2.08. The smallest absolute Gasteiger partial charge is 0.317 e. The molecule has 0 spiro atoms. The van der Waals surface area contributed by atoms with E-state index in [1.165, 1.54) is 11.9 Å². The lowest BCUT2D eigenvalue weighted by Crippen LogP contribution is -2.48. The van der Waals surface area contributed by atoms with Gasteiger partial charge in [-0.3, -0.25) is 9.59 Å². The molecule has 0 aromatic rings. The molecule has 0 heterocycles. The molecule has 0 aliphatic heterocycles. The maximum absolute atomic E-state index is 11.9.